The molecule has 1 aliphatic rings. The number of aromatic nitrogens is 2. The van der Waals surface area contributed by atoms with Gasteiger partial charge in [-0.25, -0.2) is 9.97 Å². The van der Waals surface area contributed by atoms with Gasteiger partial charge in [-0.2, -0.15) is 23.5 Å². The van der Waals surface area contributed by atoms with Gasteiger partial charge in [-0.05, 0) is 24.6 Å². The van der Waals surface area contributed by atoms with Crippen LogP contribution in [-0.4, -0.2) is 20.5 Å². The molecule has 3 rings (SSSR count). The van der Waals surface area contributed by atoms with E-state index >= 15 is 0 Å². The van der Waals surface area contributed by atoms with E-state index < -0.39 is 0 Å². The third kappa shape index (κ3) is 2.75. The van der Waals surface area contributed by atoms with Crippen LogP contribution in [-0.2, 0) is 11.5 Å². The summed E-state index contributed by atoms with van der Waals surface area (Å²) in [6.45, 7) is 6.73. The number of fused-ring (bicyclic) bond motifs is 2. The monoisotopic (exact) mass is 290 g/mol. The first kappa shape index (κ1) is 13.3. The van der Waals surface area contributed by atoms with Crippen molar-refractivity contribution in [1.82, 2.24) is 9.97 Å². The standard InChI is InChI=1S/C15H18N2S2/c1-9-4-5-12-13(6-9)17-15-8-19-11(3)10(2)18-7-14(15)16-12/h4-6,10-11H,7-8H2,1-3H3. The van der Waals surface area contributed by atoms with Crippen LogP contribution in [0.5, 0.6) is 0 Å². The van der Waals surface area contributed by atoms with Crippen molar-refractivity contribution in [3.63, 3.8) is 0 Å². The molecule has 19 heavy (non-hydrogen) atoms. The fraction of sp³-hybridized carbons (Fsp3) is 0.467. The number of aryl methyl sites for hydroxylation is 1. The summed E-state index contributed by atoms with van der Waals surface area (Å²) in [7, 11) is 0. The second-order valence-corrected chi connectivity index (χ2v) is 7.87. The molecule has 1 aromatic carbocycles. The lowest BCUT2D eigenvalue weighted by atomic mass is 10.2. The minimum absolute atomic E-state index is 0.674. The van der Waals surface area contributed by atoms with Gasteiger partial charge in [-0.15, -0.1) is 0 Å². The first-order valence-corrected chi connectivity index (χ1v) is 8.72. The Labute approximate surface area is 122 Å². The van der Waals surface area contributed by atoms with E-state index in [1.807, 2.05) is 23.5 Å². The first-order valence-electron chi connectivity index (χ1n) is 6.63. The number of hydrogen-bond donors (Lipinski definition) is 0. The highest BCUT2D eigenvalue weighted by molar-refractivity contribution is 8.03. The molecular formula is C15H18N2S2. The van der Waals surface area contributed by atoms with Gasteiger partial charge >= 0.3 is 0 Å². The maximum atomic E-state index is 4.84. The zero-order chi connectivity index (χ0) is 13.4. The van der Waals surface area contributed by atoms with Crippen LogP contribution in [0.4, 0.5) is 0 Å². The minimum Gasteiger partial charge on any atom is -0.248 e. The molecule has 0 N–H and O–H groups in total. The lowest BCUT2D eigenvalue weighted by Gasteiger charge is -2.23. The number of thioether (sulfide) groups is 2. The van der Waals surface area contributed by atoms with Gasteiger partial charge in [0.05, 0.1) is 22.4 Å². The summed E-state index contributed by atoms with van der Waals surface area (Å²) in [5.41, 5.74) is 5.65. The molecule has 0 radical (unpaired) electrons. The van der Waals surface area contributed by atoms with Gasteiger partial charge in [0.25, 0.3) is 0 Å². The van der Waals surface area contributed by atoms with E-state index in [0.29, 0.717) is 10.5 Å². The van der Waals surface area contributed by atoms with Gasteiger partial charge in [-0.3, -0.25) is 0 Å². The Morgan fingerprint density at radius 2 is 1.53 bits per heavy atom. The Morgan fingerprint density at radius 1 is 0.947 bits per heavy atom. The Balaban J connectivity index is 2.05. The van der Waals surface area contributed by atoms with Crippen molar-refractivity contribution >= 4 is 34.6 Å². The average molecular weight is 290 g/mol. The van der Waals surface area contributed by atoms with Crippen LogP contribution in [0.1, 0.15) is 30.8 Å². The van der Waals surface area contributed by atoms with Crippen molar-refractivity contribution in [2.24, 2.45) is 0 Å². The molecule has 4 heteroatoms. The number of benzene rings is 1. The number of rotatable bonds is 0. The van der Waals surface area contributed by atoms with E-state index in [4.69, 9.17) is 9.97 Å². The Hall–Kier alpha value is -0.740. The summed E-state index contributed by atoms with van der Waals surface area (Å²) in [4.78, 5) is 9.66. The molecule has 2 nitrogen and oxygen atoms in total. The summed E-state index contributed by atoms with van der Waals surface area (Å²) in [5.74, 6) is 1.97. The van der Waals surface area contributed by atoms with E-state index in [9.17, 15) is 0 Å². The van der Waals surface area contributed by atoms with Gasteiger partial charge in [0.15, 0.2) is 0 Å². The van der Waals surface area contributed by atoms with Crippen LogP contribution in [0.15, 0.2) is 18.2 Å². The molecule has 0 fully saturated rings. The topological polar surface area (TPSA) is 25.8 Å². The second-order valence-electron chi connectivity index (χ2n) is 5.14. The molecule has 0 saturated heterocycles. The predicted octanol–water partition coefficient (Wildman–Crippen LogP) is 4.20. The van der Waals surface area contributed by atoms with Gasteiger partial charge < -0.3 is 0 Å². The summed E-state index contributed by atoms with van der Waals surface area (Å²) in [6, 6.07) is 6.32. The SMILES string of the molecule is Cc1ccc2nc3c(nc2c1)CSC(C)C(C)SC3. The van der Waals surface area contributed by atoms with Gasteiger partial charge in [0, 0.05) is 22.0 Å². The normalized spacial score (nSPS) is 23.7. The lowest BCUT2D eigenvalue weighted by molar-refractivity contribution is 0.912. The molecule has 0 aliphatic carbocycles. The summed E-state index contributed by atoms with van der Waals surface area (Å²) in [6.07, 6.45) is 0. The third-order valence-electron chi connectivity index (χ3n) is 3.60. The van der Waals surface area contributed by atoms with Crippen LogP contribution < -0.4 is 0 Å². The quantitative estimate of drug-likeness (QED) is 0.726. The van der Waals surface area contributed by atoms with Crippen molar-refractivity contribution < 1.29 is 0 Å². The highest BCUT2D eigenvalue weighted by Crippen LogP contribution is 2.33. The molecule has 0 spiro atoms. The van der Waals surface area contributed by atoms with Crippen LogP contribution in [0.2, 0.25) is 0 Å². The number of hydrogen-bond acceptors (Lipinski definition) is 4. The van der Waals surface area contributed by atoms with Crippen LogP contribution in [0.3, 0.4) is 0 Å². The Kier molecular flexibility index (Phi) is 3.72. The second kappa shape index (κ2) is 5.33. The summed E-state index contributed by atoms with van der Waals surface area (Å²) in [5, 5.41) is 1.35. The maximum Gasteiger partial charge on any atom is 0.0893 e. The molecule has 2 atom stereocenters. The summed E-state index contributed by atoms with van der Waals surface area (Å²) < 4.78 is 0. The smallest absolute Gasteiger partial charge is 0.0893 e. The fourth-order valence-corrected chi connectivity index (χ4v) is 4.48. The van der Waals surface area contributed by atoms with Crippen LogP contribution in [0.25, 0.3) is 11.0 Å². The van der Waals surface area contributed by atoms with Crippen molar-refractivity contribution in [3.05, 3.63) is 35.2 Å². The molecule has 2 unspecified atom stereocenters. The van der Waals surface area contributed by atoms with E-state index in [1.54, 1.807) is 0 Å². The van der Waals surface area contributed by atoms with Gasteiger partial charge in [-0.1, -0.05) is 19.9 Å². The third-order valence-corrected chi connectivity index (χ3v) is 6.52. The highest BCUT2D eigenvalue weighted by atomic mass is 32.2. The first-order chi connectivity index (χ1) is 9.13. The molecule has 2 aromatic rings. The molecule has 0 bridgehead atoms. The molecule has 1 aliphatic heterocycles. The zero-order valence-corrected chi connectivity index (χ0v) is 13.1. The van der Waals surface area contributed by atoms with Crippen molar-refractivity contribution in [3.8, 4) is 0 Å². The zero-order valence-electron chi connectivity index (χ0n) is 11.5. The number of nitrogens with zero attached hydrogens (tertiary/aromatic N) is 2. The lowest BCUT2D eigenvalue weighted by Crippen LogP contribution is -2.16. The van der Waals surface area contributed by atoms with Crippen LogP contribution in [0, 0.1) is 6.92 Å². The highest BCUT2D eigenvalue weighted by Gasteiger charge is 2.20. The van der Waals surface area contributed by atoms with Gasteiger partial charge in [0.2, 0.25) is 0 Å². The largest absolute Gasteiger partial charge is 0.248 e. The van der Waals surface area contributed by atoms with Crippen molar-refractivity contribution in [2.45, 2.75) is 42.8 Å². The van der Waals surface area contributed by atoms with Crippen molar-refractivity contribution in [1.29, 1.82) is 0 Å². The van der Waals surface area contributed by atoms with Gasteiger partial charge in [0.1, 0.15) is 0 Å². The minimum atomic E-state index is 0.674. The Bertz CT molecular complexity index is 612. The summed E-state index contributed by atoms with van der Waals surface area (Å²) >= 11 is 3.98. The van der Waals surface area contributed by atoms with Crippen molar-refractivity contribution in [2.75, 3.05) is 0 Å². The molecule has 0 amide bonds. The molecule has 100 valence electrons. The molecule has 1 aromatic heterocycles. The van der Waals surface area contributed by atoms with Crippen LogP contribution >= 0.6 is 23.5 Å². The maximum absolute atomic E-state index is 4.84. The van der Waals surface area contributed by atoms with E-state index in [2.05, 4.69) is 39.0 Å². The fourth-order valence-electron chi connectivity index (χ4n) is 2.16. The molecule has 2 heterocycles. The van der Waals surface area contributed by atoms with E-state index in [-0.39, 0.29) is 0 Å². The average Bonchev–Trinajstić information content (AvgIpc) is 2.40. The van der Waals surface area contributed by atoms with E-state index in [1.165, 1.54) is 17.0 Å². The Morgan fingerprint density at radius 3 is 2.16 bits per heavy atom. The predicted molar refractivity (Wildman–Crippen MR) is 85.8 cm³/mol. The van der Waals surface area contributed by atoms with E-state index in [0.717, 1.165) is 22.5 Å². The molecular weight excluding hydrogens is 272 g/mol. The molecule has 0 saturated carbocycles.